The summed E-state index contributed by atoms with van der Waals surface area (Å²) >= 11 is 0. The fraction of sp³-hybridized carbons (Fsp3) is 0. The monoisotopic (exact) mass is 285 g/mol. The van der Waals surface area contributed by atoms with Crippen molar-refractivity contribution in [2.45, 2.75) is 0 Å². The van der Waals surface area contributed by atoms with E-state index in [4.69, 9.17) is 9.52 Å². The number of carboxylic acid groups (broad SMARTS) is 1. The summed E-state index contributed by atoms with van der Waals surface area (Å²) in [6.07, 6.45) is 1.53. The predicted octanol–water partition coefficient (Wildman–Crippen LogP) is 2.50. The fourth-order valence-corrected chi connectivity index (χ4v) is 1.86. The Kier molecular flexibility index (Phi) is 2.83. The maximum atomic E-state index is 11.0. The van der Waals surface area contributed by atoms with Gasteiger partial charge in [-0.1, -0.05) is 0 Å². The molecule has 1 aromatic carbocycles. The van der Waals surface area contributed by atoms with Crippen molar-refractivity contribution in [2.24, 2.45) is 0 Å². The molecule has 8 nitrogen and oxygen atoms in total. The Labute approximate surface area is 116 Å². The summed E-state index contributed by atoms with van der Waals surface area (Å²) in [5.74, 6) is -1.19. The smallest absolute Gasteiger partial charge is 0.335 e. The van der Waals surface area contributed by atoms with Gasteiger partial charge in [-0.2, -0.15) is 4.98 Å². The molecule has 0 saturated carbocycles. The van der Waals surface area contributed by atoms with Crippen molar-refractivity contribution >= 4 is 22.9 Å². The van der Waals surface area contributed by atoms with E-state index in [1.807, 2.05) is 0 Å². The number of rotatable bonds is 3. The van der Waals surface area contributed by atoms with Crippen LogP contribution in [0.15, 0.2) is 40.9 Å². The maximum absolute atomic E-state index is 11.0. The van der Waals surface area contributed by atoms with Gasteiger partial charge in [-0.25, -0.2) is 9.78 Å². The summed E-state index contributed by atoms with van der Waals surface area (Å²) in [6.45, 7) is 0. The van der Waals surface area contributed by atoms with Crippen LogP contribution in [0.3, 0.4) is 0 Å². The number of pyridine rings is 1. The number of nitro benzene ring substituents is 1. The van der Waals surface area contributed by atoms with Crippen molar-refractivity contribution in [1.82, 2.24) is 9.97 Å². The van der Waals surface area contributed by atoms with Gasteiger partial charge in [-0.15, -0.1) is 0 Å². The molecule has 0 amide bonds. The zero-order valence-electron chi connectivity index (χ0n) is 10.4. The first-order valence-electron chi connectivity index (χ1n) is 5.79. The summed E-state index contributed by atoms with van der Waals surface area (Å²) in [5, 5.41) is 19.9. The normalized spacial score (nSPS) is 10.7. The Morgan fingerprint density at radius 3 is 2.81 bits per heavy atom. The minimum absolute atomic E-state index is 0.0786. The second-order valence-electron chi connectivity index (χ2n) is 4.17. The van der Waals surface area contributed by atoms with E-state index in [0.717, 1.165) is 6.07 Å². The van der Waals surface area contributed by atoms with Crippen LogP contribution < -0.4 is 0 Å². The largest absolute Gasteiger partial charge is 0.478 e. The van der Waals surface area contributed by atoms with Crippen LogP contribution >= 0.6 is 0 Å². The van der Waals surface area contributed by atoms with Crippen molar-refractivity contribution in [2.75, 3.05) is 0 Å². The molecule has 0 unspecified atom stereocenters. The number of non-ortho nitro benzene ring substituents is 1. The lowest BCUT2D eigenvalue weighted by Gasteiger charge is -1.99. The molecule has 0 bridgehead atoms. The molecule has 8 heteroatoms. The van der Waals surface area contributed by atoms with Gasteiger partial charge in [-0.3, -0.25) is 10.1 Å². The minimum Gasteiger partial charge on any atom is -0.478 e. The molecule has 104 valence electrons. The Balaban J connectivity index is 2.20. The number of nitro groups is 1. The third kappa shape index (κ3) is 2.29. The fourth-order valence-electron chi connectivity index (χ4n) is 1.86. The first-order chi connectivity index (χ1) is 10.0. The molecule has 3 aromatic rings. The minimum atomic E-state index is -1.27. The average molecular weight is 285 g/mol. The molecule has 0 aliphatic heterocycles. The Morgan fingerprint density at radius 2 is 2.14 bits per heavy atom. The molecule has 0 aliphatic carbocycles. The second kappa shape index (κ2) is 4.67. The molecule has 2 heterocycles. The lowest BCUT2D eigenvalue weighted by atomic mass is 10.1. The van der Waals surface area contributed by atoms with E-state index in [9.17, 15) is 14.9 Å². The zero-order chi connectivity index (χ0) is 15.0. The predicted molar refractivity (Wildman–Crippen MR) is 70.9 cm³/mol. The van der Waals surface area contributed by atoms with Crippen LogP contribution in [0.25, 0.3) is 22.7 Å². The number of carbonyl (C=O) groups is 1. The number of fused-ring (bicyclic) bond motifs is 1. The van der Waals surface area contributed by atoms with E-state index in [0.29, 0.717) is 11.2 Å². The Bertz CT molecular complexity index is 806. The quantitative estimate of drug-likeness (QED) is 0.579. The summed E-state index contributed by atoms with van der Waals surface area (Å²) in [7, 11) is 0. The SMILES string of the molecule is O=C(O)c1cc(-c2nc3ncccc3o2)cc([N+](=O)[O-])c1. The van der Waals surface area contributed by atoms with Gasteiger partial charge < -0.3 is 9.52 Å². The molecular formula is C13H7N3O5. The van der Waals surface area contributed by atoms with E-state index in [-0.39, 0.29) is 22.7 Å². The van der Waals surface area contributed by atoms with E-state index in [1.165, 1.54) is 18.3 Å². The molecule has 0 atom stereocenters. The molecule has 0 saturated heterocycles. The molecule has 0 aliphatic rings. The van der Waals surface area contributed by atoms with E-state index >= 15 is 0 Å². The van der Waals surface area contributed by atoms with Crippen molar-refractivity contribution < 1.29 is 19.2 Å². The van der Waals surface area contributed by atoms with Gasteiger partial charge in [-0.05, 0) is 18.2 Å². The van der Waals surface area contributed by atoms with Crippen LogP contribution in [0.2, 0.25) is 0 Å². The lowest BCUT2D eigenvalue weighted by Crippen LogP contribution is -1.99. The van der Waals surface area contributed by atoms with Gasteiger partial charge in [0.2, 0.25) is 5.89 Å². The van der Waals surface area contributed by atoms with Crippen molar-refractivity contribution in [1.29, 1.82) is 0 Å². The van der Waals surface area contributed by atoms with Crippen LogP contribution in [0.5, 0.6) is 0 Å². The Hall–Kier alpha value is -3.29. The second-order valence-corrected chi connectivity index (χ2v) is 4.17. The number of aromatic carboxylic acids is 1. The highest BCUT2D eigenvalue weighted by Gasteiger charge is 2.17. The summed E-state index contributed by atoms with van der Waals surface area (Å²) in [6, 6.07) is 6.76. The molecule has 0 fully saturated rings. The first kappa shape index (κ1) is 12.7. The highest BCUT2D eigenvalue weighted by molar-refractivity contribution is 5.90. The third-order valence-electron chi connectivity index (χ3n) is 2.79. The van der Waals surface area contributed by atoms with Crippen molar-refractivity contribution in [3.05, 3.63) is 52.2 Å². The summed E-state index contributed by atoms with van der Waals surface area (Å²) in [4.78, 5) is 29.3. The number of oxazole rings is 1. The first-order valence-corrected chi connectivity index (χ1v) is 5.79. The topological polar surface area (TPSA) is 119 Å². The Morgan fingerprint density at radius 1 is 1.33 bits per heavy atom. The number of hydrogen-bond donors (Lipinski definition) is 1. The van der Waals surface area contributed by atoms with E-state index in [1.54, 1.807) is 12.1 Å². The van der Waals surface area contributed by atoms with Crippen LogP contribution in [-0.2, 0) is 0 Å². The highest BCUT2D eigenvalue weighted by Crippen LogP contribution is 2.27. The van der Waals surface area contributed by atoms with Gasteiger partial charge in [0.15, 0.2) is 11.2 Å². The molecular weight excluding hydrogens is 278 g/mol. The van der Waals surface area contributed by atoms with Crippen molar-refractivity contribution in [3.8, 4) is 11.5 Å². The van der Waals surface area contributed by atoms with Crippen LogP contribution in [0.4, 0.5) is 5.69 Å². The van der Waals surface area contributed by atoms with Gasteiger partial charge in [0.25, 0.3) is 5.69 Å². The van der Waals surface area contributed by atoms with Crippen LogP contribution in [0, 0.1) is 10.1 Å². The standard InChI is InChI=1S/C13H7N3O5/c17-13(18)8-4-7(5-9(6-8)16(19)20)12-15-11-10(21-12)2-1-3-14-11/h1-6H,(H,17,18). The van der Waals surface area contributed by atoms with Crippen LogP contribution in [0.1, 0.15) is 10.4 Å². The van der Waals surface area contributed by atoms with E-state index < -0.39 is 10.9 Å². The van der Waals surface area contributed by atoms with Gasteiger partial charge in [0.05, 0.1) is 10.5 Å². The molecule has 2 aromatic heterocycles. The lowest BCUT2D eigenvalue weighted by molar-refractivity contribution is -0.384. The molecule has 3 rings (SSSR count). The zero-order valence-corrected chi connectivity index (χ0v) is 10.4. The van der Waals surface area contributed by atoms with Crippen LogP contribution in [-0.4, -0.2) is 26.0 Å². The molecule has 1 N–H and O–H groups in total. The summed E-state index contributed by atoms with van der Waals surface area (Å²) < 4.78 is 5.43. The summed E-state index contributed by atoms with van der Waals surface area (Å²) in [5.41, 5.74) is 0.404. The third-order valence-corrected chi connectivity index (χ3v) is 2.79. The molecule has 0 radical (unpaired) electrons. The number of benzene rings is 1. The number of aromatic nitrogens is 2. The van der Waals surface area contributed by atoms with Gasteiger partial charge >= 0.3 is 5.97 Å². The number of nitrogens with zero attached hydrogens (tertiary/aromatic N) is 3. The van der Waals surface area contributed by atoms with Crippen molar-refractivity contribution in [3.63, 3.8) is 0 Å². The number of carboxylic acids is 1. The maximum Gasteiger partial charge on any atom is 0.335 e. The average Bonchev–Trinajstić information content (AvgIpc) is 2.90. The molecule has 0 spiro atoms. The molecule has 21 heavy (non-hydrogen) atoms. The highest BCUT2D eigenvalue weighted by atomic mass is 16.6. The number of hydrogen-bond acceptors (Lipinski definition) is 6. The van der Waals surface area contributed by atoms with E-state index in [2.05, 4.69) is 9.97 Å². The van der Waals surface area contributed by atoms with Gasteiger partial charge in [0, 0.05) is 23.9 Å². The van der Waals surface area contributed by atoms with Gasteiger partial charge in [0.1, 0.15) is 0 Å².